The Morgan fingerprint density at radius 1 is 1.31 bits per heavy atom. The Balaban J connectivity index is 2.46. The summed E-state index contributed by atoms with van der Waals surface area (Å²) in [6, 6.07) is 0. The Hall–Kier alpha value is -1.06. The lowest BCUT2D eigenvalue weighted by Crippen LogP contribution is -2.11. The lowest BCUT2D eigenvalue weighted by atomic mass is 10.4. The Morgan fingerprint density at radius 3 is 2.38 bits per heavy atom. The average Bonchev–Trinajstić information content (AvgIpc) is 2.86. The first kappa shape index (κ1) is 10.0. The molecule has 0 radical (unpaired) electrons. The number of aliphatic imine (C=N–C) groups is 1. The zero-order chi connectivity index (χ0) is 9.68. The monoisotopic (exact) mass is 185 g/mol. The Labute approximate surface area is 77.9 Å². The van der Waals surface area contributed by atoms with Crippen LogP contribution >= 0.6 is 0 Å². The minimum absolute atomic E-state index is 0.351. The summed E-state index contributed by atoms with van der Waals surface area (Å²) in [6.45, 7) is 4.54. The SMILES string of the molecule is CCOC(=O)/N=C(/OCC)C1CC1. The number of carbonyl (C=O) groups excluding carboxylic acids is 1. The fourth-order valence-electron chi connectivity index (χ4n) is 0.965. The maximum absolute atomic E-state index is 11.0. The molecule has 0 bridgehead atoms. The molecule has 0 N–H and O–H groups in total. The first-order valence-corrected chi connectivity index (χ1v) is 4.66. The second-order valence-corrected chi connectivity index (χ2v) is 2.86. The van der Waals surface area contributed by atoms with Crippen molar-refractivity contribution in [2.24, 2.45) is 10.9 Å². The summed E-state index contributed by atoms with van der Waals surface area (Å²) < 4.78 is 9.92. The molecule has 0 saturated heterocycles. The minimum atomic E-state index is -0.544. The van der Waals surface area contributed by atoms with Crippen LogP contribution in [-0.2, 0) is 9.47 Å². The van der Waals surface area contributed by atoms with Gasteiger partial charge in [0.25, 0.3) is 0 Å². The van der Waals surface area contributed by atoms with Crippen molar-refractivity contribution in [3.63, 3.8) is 0 Å². The van der Waals surface area contributed by atoms with Crippen LogP contribution in [0.15, 0.2) is 4.99 Å². The van der Waals surface area contributed by atoms with Gasteiger partial charge in [-0.1, -0.05) is 0 Å². The predicted molar refractivity (Wildman–Crippen MR) is 48.8 cm³/mol. The fourth-order valence-corrected chi connectivity index (χ4v) is 0.965. The van der Waals surface area contributed by atoms with Gasteiger partial charge in [-0.05, 0) is 26.7 Å². The first-order valence-electron chi connectivity index (χ1n) is 4.66. The van der Waals surface area contributed by atoms with Crippen molar-refractivity contribution in [3.8, 4) is 0 Å². The fraction of sp³-hybridized carbons (Fsp3) is 0.778. The van der Waals surface area contributed by atoms with Gasteiger partial charge >= 0.3 is 6.09 Å². The van der Waals surface area contributed by atoms with Gasteiger partial charge in [0, 0.05) is 5.92 Å². The molecule has 1 fully saturated rings. The summed E-state index contributed by atoms with van der Waals surface area (Å²) in [7, 11) is 0. The van der Waals surface area contributed by atoms with Crippen molar-refractivity contribution in [2.45, 2.75) is 26.7 Å². The van der Waals surface area contributed by atoms with Crippen LogP contribution in [0.2, 0.25) is 0 Å². The number of rotatable bonds is 3. The predicted octanol–water partition coefficient (Wildman–Crippen LogP) is 1.99. The van der Waals surface area contributed by atoms with E-state index in [4.69, 9.17) is 9.47 Å². The van der Waals surface area contributed by atoms with E-state index < -0.39 is 6.09 Å². The topological polar surface area (TPSA) is 47.9 Å². The molecular weight excluding hydrogens is 170 g/mol. The molecule has 0 aromatic heterocycles. The quantitative estimate of drug-likeness (QED) is 0.499. The molecule has 0 aromatic rings. The van der Waals surface area contributed by atoms with Crippen molar-refractivity contribution in [3.05, 3.63) is 0 Å². The third kappa shape index (κ3) is 3.44. The lowest BCUT2D eigenvalue weighted by molar-refractivity contribution is 0.162. The highest BCUT2D eigenvalue weighted by atomic mass is 16.6. The smallest absolute Gasteiger partial charge is 0.436 e. The first-order chi connectivity index (χ1) is 6.27. The Bertz CT molecular complexity index is 209. The second-order valence-electron chi connectivity index (χ2n) is 2.86. The number of amides is 1. The third-order valence-corrected chi connectivity index (χ3v) is 1.69. The molecule has 0 heterocycles. The highest BCUT2D eigenvalue weighted by molar-refractivity contribution is 5.90. The van der Waals surface area contributed by atoms with E-state index in [1.807, 2.05) is 6.92 Å². The van der Waals surface area contributed by atoms with E-state index >= 15 is 0 Å². The maximum atomic E-state index is 11.0. The van der Waals surface area contributed by atoms with Crippen LogP contribution in [0.5, 0.6) is 0 Å². The maximum Gasteiger partial charge on any atom is 0.436 e. The molecule has 1 amide bonds. The normalized spacial score (nSPS) is 16.9. The van der Waals surface area contributed by atoms with Gasteiger partial charge in [0.2, 0.25) is 0 Å². The van der Waals surface area contributed by atoms with Gasteiger partial charge in [-0.3, -0.25) is 0 Å². The van der Waals surface area contributed by atoms with Gasteiger partial charge in [-0.15, -0.1) is 4.99 Å². The van der Waals surface area contributed by atoms with Crippen molar-refractivity contribution in [2.75, 3.05) is 13.2 Å². The largest absolute Gasteiger partial charge is 0.481 e. The number of hydrogen-bond donors (Lipinski definition) is 0. The average molecular weight is 185 g/mol. The zero-order valence-corrected chi connectivity index (χ0v) is 8.08. The number of nitrogens with zero attached hydrogens (tertiary/aromatic N) is 1. The molecule has 0 atom stereocenters. The third-order valence-electron chi connectivity index (χ3n) is 1.69. The van der Waals surface area contributed by atoms with Gasteiger partial charge in [-0.25, -0.2) is 4.79 Å². The standard InChI is InChI=1S/C9H15NO3/c1-3-12-8(7-5-6-7)10-9(11)13-4-2/h7H,3-6H2,1-2H3/b10-8+. The highest BCUT2D eigenvalue weighted by Gasteiger charge is 2.29. The van der Waals surface area contributed by atoms with Crippen molar-refractivity contribution in [1.29, 1.82) is 0 Å². The van der Waals surface area contributed by atoms with Crippen molar-refractivity contribution >= 4 is 12.0 Å². The summed E-state index contributed by atoms with van der Waals surface area (Å²) in [5.74, 6) is 0.894. The van der Waals surface area contributed by atoms with E-state index in [0.29, 0.717) is 25.0 Å². The molecule has 4 nitrogen and oxygen atoms in total. The molecular formula is C9H15NO3. The van der Waals surface area contributed by atoms with E-state index in [9.17, 15) is 4.79 Å². The van der Waals surface area contributed by atoms with Crippen LogP contribution in [0.4, 0.5) is 4.79 Å². The summed E-state index contributed by atoms with van der Waals surface area (Å²) in [6.07, 6.45) is 1.59. The van der Waals surface area contributed by atoms with Gasteiger partial charge < -0.3 is 9.47 Å². The molecule has 0 spiro atoms. The van der Waals surface area contributed by atoms with Crippen LogP contribution in [0.25, 0.3) is 0 Å². The molecule has 1 rings (SSSR count). The molecule has 13 heavy (non-hydrogen) atoms. The van der Waals surface area contributed by atoms with Crippen molar-refractivity contribution in [1.82, 2.24) is 0 Å². The Kier molecular flexibility index (Phi) is 3.73. The van der Waals surface area contributed by atoms with E-state index in [1.54, 1.807) is 6.92 Å². The zero-order valence-electron chi connectivity index (χ0n) is 8.08. The van der Waals surface area contributed by atoms with E-state index in [0.717, 1.165) is 12.8 Å². The second kappa shape index (κ2) is 4.84. The number of ether oxygens (including phenoxy) is 2. The molecule has 1 saturated carbocycles. The molecule has 0 unspecified atom stereocenters. The summed E-state index contributed by atoms with van der Waals surface area (Å²) in [4.78, 5) is 14.7. The number of carbonyl (C=O) groups is 1. The lowest BCUT2D eigenvalue weighted by Gasteiger charge is -2.04. The van der Waals surface area contributed by atoms with E-state index in [1.165, 1.54) is 0 Å². The molecule has 74 valence electrons. The van der Waals surface area contributed by atoms with Crippen LogP contribution in [0.3, 0.4) is 0 Å². The molecule has 0 aliphatic heterocycles. The van der Waals surface area contributed by atoms with Gasteiger partial charge in [-0.2, -0.15) is 0 Å². The van der Waals surface area contributed by atoms with E-state index in [2.05, 4.69) is 4.99 Å². The Morgan fingerprint density at radius 2 is 1.92 bits per heavy atom. The molecule has 1 aliphatic rings. The van der Waals surface area contributed by atoms with Gasteiger partial charge in [0.05, 0.1) is 13.2 Å². The summed E-state index contributed by atoms with van der Waals surface area (Å²) in [5.41, 5.74) is 0. The van der Waals surface area contributed by atoms with Crippen LogP contribution < -0.4 is 0 Å². The molecule has 1 aliphatic carbocycles. The summed E-state index contributed by atoms with van der Waals surface area (Å²) >= 11 is 0. The van der Waals surface area contributed by atoms with Crippen molar-refractivity contribution < 1.29 is 14.3 Å². The van der Waals surface area contributed by atoms with Gasteiger partial charge in [0.15, 0.2) is 5.90 Å². The molecule has 4 heteroatoms. The minimum Gasteiger partial charge on any atom is -0.481 e. The van der Waals surface area contributed by atoms with Crippen LogP contribution in [0.1, 0.15) is 26.7 Å². The van der Waals surface area contributed by atoms with Crippen LogP contribution in [-0.4, -0.2) is 25.2 Å². The van der Waals surface area contributed by atoms with Gasteiger partial charge in [0.1, 0.15) is 0 Å². The summed E-state index contributed by atoms with van der Waals surface area (Å²) in [5, 5.41) is 0. The van der Waals surface area contributed by atoms with E-state index in [-0.39, 0.29) is 0 Å². The number of hydrogen-bond acceptors (Lipinski definition) is 3. The van der Waals surface area contributed by atoms with Crippen LogP contribution in [0, 0.1) is 5.92 Å². The molecule has 0 aromatic carbocycles. The highest BCUT2D eigenvalue weighted by Crippen LogP contribution is 2.31.